The number of benzene rings is 1. The molecule has 0 amide bonds. The highest BCUT2D eigenvalue weighted by Crippen LogP contribution is 2.23. The van der Waals surface area contributed by atoms with Crippen LogP contribution in [0.2, 0.25) is 0 Å². The van der Waals surface area contributed by atoms with Gasteiger partial charge in [0.2, 0.25) is 0 Å². The summed E-state index contributed by atoms with van der Waals surface area (Å²) in [7, 11) is 0. The quantitative estimate of drug-likeness (QED) is 0.872. The Balaban J connectivity index is 2.45. The van der Waals surface area contributed by atoms with E-state index in [1.54, 1.807) is 24.3 Å². The van der Waals surface area contributed by atoms with Crippen molar-refractivity contribution in [2.75, 3.05) is 5.32 Å². The molecule has 2 aromatic rings. The van der Waals surface area contributed by atoms with Crippen molar-refractivity contribution in [2.24, 2.45) is 0 Å². The first-order valence-corrected chi connectivity index (χ1v) is 5.07. The lowest BCUT2D eigenvalue weighted by molar-refractivity contribution is 0.624. The standard InChI is InChI=1S/C13H7FN4/c14-10-3-1-4-11(9(10)7-15)18-12-5-2-6-17-13(12)8-16/h1-6,18H. The number of nitriles is 2. The van der Waals surface area contributed by atoms with Gasteiger partial charge in [0.05, 0.1) is 11.4 Å². The van der Waals surface area contributed by atoms with Gasteiger partial charge in [-0.3, -0.25) is 0 Å². The fourth-order valence-electron chi connectivity index (χ4n) is 1.48. The molecule has 2 rings (SSSR count). The molecular formula is C13H7FN4. The molecule has 0 saturated heterocycles. The summed E-state index contributed by atoms with van der Waals surface area (Å²) in [6.07, 6.45) is 1.49. The van der Waals surface area contributed by atoms with Crippen LogP contribution in [0, 0.1) is 28.5 Å². The van der Waals surface area contributed by atoms with E-state index in [-0.39, 0.29) is 11.3 Å². The molecule has 5 heteroatoms. The summed E-state index contributed by atoms with van der Waals surface area (Å²) in [5, 5.41) is 20.6. The molecule has 0 radical (unpaired) electrons. The summed E-state index contributed by atoms with van der Waals surface area (Å²) >= 11 is 0. The lowest BCUT2D eigenvalue weighted by atomic mass is 10.1. The first-order valence-electron chi connectivity index (χ1n) is 5.07. The molecule has 4 nitrogen and oxygen atoms in total. The van der Waals surface area contributed by atoms with Crippen LogP contribution >= 0.6 is 0 Å². The molecule has 0 spiro atoms. The zero-order valence-corrected chi connectivity index (χ0v) is 9.18. The Labute approximate surface area is 103 Å². The van der Waals surface area contributed by atoms with E-state index in [1.165, 1.54) is 18.3 Å². The van der Waals surface area contributed by atoms with Crippen LogP contribution in [0.15, 0.2) is 36.5 Å². The number of halogens is 1. The number of hydrogen-bond acceptors (Lipinski definition) is 4. The molecule has 1 N–H and O–H groups in total. The molecule has 0 aliphatic rings. The van der Waals surface area contributed by atoms with Crippen molar-refractivity contribution in [1.29, 1.82) is 10.5 Å². The molecule has 86 valence electrons. The van der Waals surface area contributed by atoms with Crippen molar-refractivity contribution in [3.63, 3.8) is 0 Å². The monoisotopic (exact) mass is 238 g/mol. The third kappa shape index (κ3) is 2.11. The van der Waals surface area contributed by atoms with Crippen LogP contribution in [0.1, 0.15) is 11.3 Å². The molecule has 1 aromatic heterocycles. The second-order valence-electron chi connectivity index (χ2n) is 3.41. The molecule has 0 bridgehead atoms. The van der Waals surface area contributed by atoms with Crippen molar-refractivity contribution < 1.29 is 4.39 Å². The van der Waals surface area contributed by atoms with Crippen LogP contribution in [-0.2, 0) is 0 Å². The minimum absolute atomic E-state index is 0.0924. The van der Waals surface area contributed by atoms with Gasteiger partial charge in [0.15, 0.2) is 5.69 Å². The van der Waals surface area contributed by atoms with Gasteiger partial charge in [-0.1, -0.05) is 6.07 Å². The summed E-state index contributed by atoms with van der Waals surface area (Å²) in [5.74, 6) is -0.607. The van der Waals surface area contributed by atoms with Gasteiger partial charge < -0.3 is 5.32 Å². The van der Waals surface area contributed by atoms with E-state index >= 15 is 0 Å². The number of anilines is 2. The SMILES string of the molecule is N#Cc1ncccc1Nc1cccc(F)c1C#N. The Morgan fingerprint density at radius 2 is 1.83 bits per heavy atom. The smallest absolute Gasteiger partial charge is 0.163 e. The van der Waals surface area contributed by atoms with Crippen LogP contribution in [-0.4, -0.2) is 4.98 Å². The van der Waals surface area contributed by atoms with E-state index in [2.05, 4.69) is 10.3 Å². The maximum atomic E-state index is 13.4. The third-order valence-corrected chi connectivity index (χ3v) is 2.31. The van der Waals surface area contributed by atoms with Gasteiger partial charge in [-0.2, -0.15) is 10.5 Å². The Kier molecular flexibility index (Phi) is 3.17. The number of rotatable bonds is 2. The molecule has 0 aliphatic heterocycles. The number of pyridine rings is 1. The van der Waals surface area contributed by atoms with Gasteiger partial charge in [0, 0.05) is 6.20 Å². The van der Waals surface area contributed by atoms with E-state index in [0.29, 0.717) is 11.4 Å². The number of nitrogens with one attached hydrogen (secondary N) is 1. The fraction of sp³-hybridized carbons (Fsp3) is 0. The van der Waals surface area contributed by atoms with Gasteiger partial charge in [-0.15, -0.1) is 0 Å². The van der Waals surface area contributed by atoms with E-state index in [1.807, 2.05) is 6.07 Å². The fourth-order valence-corrected chi connectivity index (χ4v) is 1.48. The number of hydrogen-bond donors (Lipinski definition) is 1. The predicted molar refractivity (Wildman–Crippen MR) is 63.3 cm³/mol. The highest BCUT2D eigenvalue weighted by Gasteiger charge is 2.09. The van der Waals surface area contributed by atoms with Gasteiger partial charge in [-0.25, -0.2) is 9.37 Å². The van der Waals surface area contributed by atoms with Gasteiger partial charge in [0.25, 0.3) is 0 Å². The average Bonchev–Trinajstić information content (AvgIpc) is 2.40. The van der Waals surface area contributed by atoms with E-state index in [0.717, 1.165) is 0 Å². The number of aromatic nitrogens is 1. The molecule has 1 aromatic carbocycles. The molecule has 0 aliphatic carbocycles. The van der Waals surface area contributed by atoms with Crippen LogP contribution in [0.25, 0.3) is 0 Å². The Bertz CT molecular complexity index is 667. The zero-order valence-electron chi connectivity index (χ0n) is 9.18. The average molecular weight is 238 g/mol. The maximum Gasteiger partial charge on any atom is 0.163 e. The first kappa shape index (κ1) is 11.6. The molecule has 18 heavy (non-hydrogen) atoms. The van der Waals surface area contributed by atoms with Crippen molar-refractivity contribution in [1.82, 2.24) is 4.98 Å². The molecule has 0 saturated carbocycles. The summed E-state index contributed by atoms with van der Waals surface area (Å²) < 4.78 is 13.4. The molecular weight excluding hydrogens is 231 g/mol. The second kappa shape index (κ2) is 4.94. The Morgan fingerprint density at radius 3 is 2.56 bits per heavy atom. The van der Waals surface area contributed by atoms with Crippen molar-refractivity contribution >= 4 is 11.4 Å². The predicted octanol–water partition coefficient (Wildman–Crippen LogP) is 2.71. The summed E-state index contributed by atoms with van der Waals surface area (Å²) in [6.45, 7) is 0. The van der Waals surface area contributed by atoms with E-state index in [4.69, 9.17) is 10.5 Å². The van der Waals surface area contributed by atoms with Crippen molar-refractivity contribution in [3.8, 4) is 12.1 Å². The molecule has 1 heterocycles. The highest BCUT2D eigenvalue weighted by molar-refractivity contribution is 5.69. The van der Waals surface area contributed by atoms with E-state index < -0.39 is 5.82 Å². The van der Waals surface area contributed by atoms with Crippen LogP contribution in [0.4, 0.5) is 15.8 Å². The molecule has 0 fully saturated rings. The van der Waals surface area contributed by atoms with Gasteiger partial charge in [0.1, 0.15) is 23.5 Å². The topological polar surface area (TPSA) is 72.5 Å². The highest BCUT2D eigenvalue weighted by atomic mass is 19.1. The minimum Gasteiger partial charge on any atom is -0.352 e. The van der Waals surface area contributed by atoms with E-state index in [9.17, 15) is 4.39 Å². The molecule has 0 atom stereocenters. The lowest BCUT2D eigenvalue weighted by Crippen LogP contribution is -1.99. The van der Waals surface area contributed by atoms with Crippen molar-refractivity contribution in [2.45, 2.75) is 0 Å². The summed E-state index contributed by atoms with van der Waals surface area (Å²) in [4.78, 5) is 3.87. The number of nitrogens with zero attached hydrogens (tertiary/aromatic N) is 3. The first-order chi connectivity index (χ1) is 8.76. The lowest BCUT2D eigenvalue weighted by Gasteiger charge is -2.09. The Morgan fingerprint density at radius 1 is 1.06 bits per heavy atom. The molecule has 0 unspecified atom stereocenters. The Hall–Kier alpha value is -2.92. The van der Waals surface area contributed by atoms with Crippen LogP contribution in [0.3, 0.4) is 0 Å². The van der Waals surface area contributed by atoms with Gasteiger partial charge in [-0.05, 0) is 24.3 Å². The maximum absolute atomic E-state index is 13.4. The summed E-state index contributed by atoms with van der Waals surface area (Å²) in [5.41, 5.74) is 0.833. The second-order valence-corrected chi connectivity index (χ2v) is 3.41. The zero-order chi connectivity index (χ0) is 13.0. The summed E-state index contributed by atoms with van der Waals surface area (Å²) in [6, 6.07) is 11.2. The normalized spacial score (nSPS) is 9.28. The van der Waals surface area contributed by atoms with Gasteiger partial charge >= 0.3 is 0 Å². The third-order valence-electron chi connectivity index (χ3n) is 2.31. The minimum atomic E-state index is -0.607. The largest absolute Gasteiger partial charge is 0.352 e. The van der Waals surface area contributed by atoms with Crippen LogP contribution < -0.4 is 5.32 Å². The van der Waals surface area contributed by atoms with Crippen LogP contribution in [0.5, 0.6) is 0 Å². The van der Waals surface area contributed by atoms with Crippen molar-refractivity contribution in [3.05, 3.63) is 53.6 Å².